The maximum atomic E-state index is 14.9. The first-order valence-corrected chi connectivity index (χ1v) is 12.3. The van der Waals surface area contributed by atoms with Gasteiger partial charge in [-0.05, 0) is 39.3 Å². The Balaban J connectivity index is 1.62. The number of hydrogen-bond donors (Lipinski definition) is 2. The molecule has 0 amide bonds. The lowest BCUT2D eigenvalue weighted by molar-refractivity contribution is 0.0950. The van der Waals surface area contributed by atoms with Crippen molar-refractivity contribution in [3.05, 3.63) is 36.0 Å². The van der Waals surface area contributed by atoms with Crippen molar-refractivity contribution in [2.24, 2.45) is 0 Å². The molecule has 4 rings (SSSR count). The molecule has 0 saturated carbocycles. The van der Waals surface area contributed by atoms with Crippen LogP contribution in [0.15, 0.2) is 24.4 Å². The number of aromatic nitrogens is 4. The van der Waals surface area contributed by atoms with Crippen LogP contribution in [-0.2, 0) is 10.0 Å². The van der Waals surface area contributed by atoms with E-state index in [4.69, 9.17) is 0 Å². The number of benzene rings is 1. The summed E-state index contributed by atoms with van der Waals surface area (Å²) >= 11 is 0. The van der Waals surface area contributed by atoms with Crippen molar-refractivity contribution in [2.75, 3.05) is 24.7 Å². The maximum absolute atomic E-state index is 14.9. The number of halogens is 1. The van der Waals surface area contributed by atoms with Crippen LogP contribution >= 0.6 is 0 Å². The van der Waals surface area contributed by atoms with Gasteiger partial charge in [-0.15, -0.1) is 0 Å². The van der Waals surface area contributed by atoms with Gasteiger partial charge in [-0.25, -0.2) is 27.8 Å². The molecular formula is C21H27FN6O3S. The van der Waals surface area contributed by atoms with E-state index in [0.29, 0.717) is 23.2 Å². The number of β-amino-alcohol motifs (C(OH)–C–C–N with tert-alkyl or cyclic N) is 1. The SMILES string of the molecule is Cc1nc2cc(F)c(-c3ccnc(N[C@@H]4CCN(S(C)(=O)=O)C[C@H]4O)n3)cc2n1C(C)C. The molecule has 1 fully saturated rings. The van der Waals surface area contributed by atoms with E-state index < -0.39 is 28.0 Å². The first-order chi connectivity index (χ1) is 15.0. The summed E-state index contributed by atoms with van der Waals surface area (Å²) in [5.74, 6) is 0.621. The highest BCUT2D eigenvalue weighted by Crippen LogP contribution is 2.29. The fourth-order valence-electron chi connectivity index (χ4n) is 4.20. The molecule has 3 heterocycles. The summed E-state index contributed by atoms with van der Waals surface area (Å²) in [5, 5.41) is 13.5. The van der Waals surface area contributed by atoms with Crippen molar-refractivity contribution >= 4 is 27.0 Å². The van der Waals surface area contributed by atoms with Crippen LogP contribution in [0.1, 0.15) is 32.1 Å². The van der Waals surface area contributed by atoms with Crippen LogP contribution in [0, 0.1) is 12.7 Å². The molecule has 0 radical (unpaired) electrons. The van der Waals surface area contributed by atoms with E-state index in [-0.39, 0.29) is 25.1 Å². The Kier molecular flexibility index (Phi) is 5.91. The number of nitrogens with one attached hydrogen (secondary N) is 1. The van der Waals surface area contributed by atoms with Crippen LogP contribution in [0.4, 0.5) is 10.3 Å². The molecule has 2 N–H and O–H groups in total. The highest BCUT2D eigenvalue weighted by Gasteiger charge is 2.32. The van der Waals surface area contributed by atoms with Crippen molar-refractivity contribution in [3.8, 4) is 11.3 Å². The molecular weight excluding hydrogens is 435 g/mol. The molecule has 2 atom stereocenters. The van der Waals surface area contributed by atoms with Crippen molar-refractivity contribution < 1.29 is 17.9 Å². The summed E-state index contributed by atoms with van der Waals surface area (Å²) in [6.45, 7) is 6.27. The van der Waals surface area contributed by atoms with Crippen LogP contribution in [0.3, 0.4) is 0 Å². The molecule has 172 valence electrons. The number of imidazole rings is 1. The van der Waals surface area contributed by atoms with Gasteiger partial charge in [0.25, 0.3) is 0 Å². The van der Waals surface area contributed by atoms with Crippen LogP contribution < -0.4 is 5.32 Å². The lowest BCUT2D eigenvalue weighted by Gasteiger charge is -2.34. The number of anilines is 1. The summed E-state index contributed by atoms with van der Waals surface area (Å²) < 4.78 is 41.7. The molecule has 0 aliphatic carbocycles. The van der Waals surface area contributed by atoms with E-state index in [0.717, 1.165) is 17.6 Å². The molecule has 32 heavy (non-hydrogen) atoms. The van der Waals surface area contributed by atoms with Crippen molar-refractivity contribution in [1.82, 2.24) is 23.8 Å². The Morgan fingerprint density at radius 1 is 1.28 bits per heavy atom. The summed E-state index contributed by atoms with van der Waals surface area (Å²) in [6, 6.07) is 4.54. The highest BCUT2D eigenvalue weighted by molar-refractivity contribution is 7.88. The second-order valence-corrected chi connectivity index (χ2v) is 10.4. The minimum absolute atomic E-state index is 0.0000287. The van der Waals surface area contributed by atoms with E-state index in [1.54, 1.807) is 12.1 Å². The topological polar surface area (TPSA) is 113 Å². The fourth-order valence-corrected chi connectivity index (χ4v) is 5.06. The smallest absolute Gasteiger partial charge is 0.223 e. The second kappa shape index (κ2) is 8.38. The Morgan fingerprint density at radius 2 is 2.03 bits per heavy atom. The minimum atomic E-state index is -3.36. The predicted octanol–water partition coefficient (Wildman–Crippen LogP) is 2.33. The molecule has 3 aromatic rings. The lowest BCUT2D eigenvalue weighted by Crippen LogP contribution is -2.51. The zero-order valence-corrected chi connectivity index (χ0v) is 19.3. The number of nitrogens with zero attached hydrogens (tertiary/aromatic N) is 5. The molecule has 11 heteroatoms. The molecule has 0 spiro atoms. The average Bonchev–Trinajstić information content (AvgIpc) is 3.03. The molecule has 0 bridgehead atoms. The second-order valence-electron chi connectivity index (χ2n) is 8.44. The van der Waals surface area contributed by atoms with Crippen LogP contribution in [0.5, 0.6) is 0 Å². The number of fused-ring (bicyclic) bond motifs is 1. The number of aliphatic hydroxyl groups is 1. The number of piperidine rings is 1. The van der Waals surface area contributed by atoms with Gasteiger partial charge in [-0.2, -0.15) is 4.31 Å². The molecule has 1 aliphatic rings. The summed E-state index contributed by atoms with van der Waals surface area (Å²) in [7, 11) is -3.36. The summed E-state index contributed by atoms with van der Waals surface area (Å²) in [6.07, 6.45) is 2.13. The van der Waals surface area contributed by atoms with Gasteiger partial charge in [0.15, 0.2) is 0 Å². The largest absolute Gasteiger partial charge is 0.390 e. The normalized spacial score (nSPS) is 20.2. The third-order valence-corrected chi connectivity index (χ3v) is 7.00. The predicted molar refractivity (Wildman–Crippen MR) is 120 cm³/mol. The van der Waals surface area contributed by atoms with E-state index >= 15 is 0 Å². The lowest BCUT2D eigenvalue weighted by atomic mass is 10.0. The van der Waals surface area contributed by atoms with Gasteiger partial charge in [-0.1, -0.05) is 0 Å². The number of hydrogen-bond acceptors (Lipinski definition) is 7. The highest BCUT2D eigenvalue weighted by atomic mass is 32.2. The average molecular weight is 463 g/mol. The Hall–Kier alpha value is -2.63. The molecule has 1 saturated heterocycles. The van der Waals surface area contributed by atoms with E-state index in [1.807, 2.05) is 25.3 Å². The Bertz CT molecular complexity index is 1260. The van der Waals surface area contributed by atoms with E-state index in [2.05, 4.69) is 20.3 Å². The Labute approximate surface area is 186 Å². The van der Waals surface area contributed by atoms with Gasteiger partial charge in [-0.3, -0.25) is 0 Å². The number of aliphatic hydroxyl groups excluding tert-OH is 1. The fraction of sp³-hybridized carbons (Fsp3) is 0.476. The molecule has 2 aromatic heterocycles. The monoisotopic (exact) mass is 462 g/mol. The quantitative estimate of drug-likeness (QED) is 0.598. The molecule has 0 unspecified atom stereocenters. The third kappa shape index (κ3) is 4.32. The van der Waals surface area contributed by atoms with Crippen molar-refractivity contribution in [2.45, 2.75) is 45.4 Å². The van der Waals surface area contributed by atoms with Crippen molar-refractivity contribution in [3.63, 3.8) is 0 Å². The van der Waals surface area contributed by atoms with Crippen LogP contribution in [0.2, 0.25) is 0 Å². The van der Waals surface area contributed by atoms with Crippen LogP contribution in [-0.4, -0.2) is 68.8 Å². The zero-order valence-electron chi connectivity index (χ0n) is 18.4. The maximum Gasteiger partial charge on any atom is 0.223 e. The number of sulfonamides is 1. The van der Waals surface area contributed by atoms with Gasteiger partial charge in [0.2, 0.25) is 16.0 Å². The summed E-state index contributed by atoms with van der Waals surface area (Å²) in [4.78, 5) is 13.1. The number of aryl methyl sites for hydroxylation is 1. The van der Waals surface area contributed by atoms with Crippen molar-refractivity contribution in [1.29, 1.82) is 0 Å². The van der Waals surface area contributed by atoms with Crippen LogP contribution in [0.25, 0.3) is 22.3 Å². The molecule has 9 nitrogen and oxygen atoms in total. The summed E-state index contributed by atoms with van der Waals surface area (Å²) in [5.41, 5.74) is 2.15. The Morgan fingerprint density at radius 3 is 2.69 bits per heavy atom. The number of rotatable bonds is 5. The van der Waals surface area contributed by atoms with E-state index in [9.17, 15) is 17.9 Å². The van der Waals surface area contributed by atoms with Gasteiger partial charge in [0.05, 0.1) is 35.1 Å². The van der Waals surface area contributed by atoms with E-state index in [1.165, 1.54) is 16.6 Å². The first-order valence-electron chi connectivity index (χ1n) is 10.5. The first kappa shape index (κ1) is 22.6. The van der Waals surface area contributed by atoms with Gasteiger partial charge in [0.1, 0.15) is 11.6 Å². The van der Waals surface area contributed by atoms with Gasteiger partial charge >= 0.3 is 0 Å². The van der Waals surface area contributed by atoms with Gasteiger partial charge in [0, 0.05) is 37.0 Å². The zero-order chi connectivity index (χ0) is 23.2. The third-order valence-electron chi connectivity index (χ3n) is 5.73. The molecule has 1 aliphatic heterocycles. The minimum Gasteiger partial charge on any atom is -0.390 e. The molecule has 1 aromatic carbocycles. The van der Waals surface area contributed by atoms with Gasteiger partial charge < -0.3 is 15.0 Å². The standard InChI is InChI=1S/C21H27FN6O3S/c1-12(2)28-13(3)24-18-10-15(22)14(9-19(18)28)16-5-7-23-21(25-16)26-17-6-8-27(11-20(17)29)32(4,30)31/h5,7,9-10,12,17,20,29H,6,8,11H2,1-4H3,(H,23,25,26)/t17-,20-/m1/s1.